The molecular weight excluding hydrogens is 404 g/mol. The molecule has 1 aromatic heterocycles. The Balaban J connectivity index is 1.60. The van der Waals surface area contributed by atoms with Gasteiger partial charge in [-0.2, -0.15) is 0 Å². The Bertz CT molecular complexity index is 1110. The second-order valence-corrected chi connectivity index (χ2v) is 8.59. The van der Waals surface area contributed by atoms with E-state index in [0.29, 0.717) is 0 Å². The van der Waals surface area contributed by atoms with Gasteiger partial charge in [0.05, 0.1) is 29.9 Å². The largest absolute Gasteiger partial charge is 0.465 e. The molecule has 0 bridgehead atoms. The summed E-state index contributed by atoms with van der Waals surface area (Å²) in [6.07, 6.45) is 1.61. The molecule has 7 nitrogen and oxygen atoms in total. The molecule has 1 fully saturated rings. The zero-order valence-electron chi connectivity index (χ0n) is 18.5. The molecule has 2 aromatic carbocycles. The molecule has 1 atom stereocenters. The fraction of sp³-hybridized carbons (Fsp3) is 0.440. The molecule has 0 radical (unpaired) electrons. The predicted octanol–water partition coefficient (Wildman–Crippen LogP) is 4.24. The number of carbonyl (C=O) groups is 1. The van der Waals surface area contributed by atoms with Gasteiger partial charge in [-0.3, -0.25) is 9.80 Å². The summed E-state index contributed by atoms with van der Waals surface area (Å²) in [5.41, 5.74) is 4.94. The van der Waals surface area contributed by atoms with Gasteiger partial charge >= 0.3 is 6.09 Å². The summed E-state index contributed by atoms with van der Waals surface area (Å²) in [5.74, 6) is 0.946. The van der Waals surface area contributed by atoms with Crippen molar-refractivity contribution in [3.63, 3.8) is 0 Å². The monoisotopic (exact) mass is 434 g/mol. The fourth-order valence-corrected chi connectivity index (χ4v) is 5.09. The molecule has 0 aliphatic carbocycles. The lowest BCUT2D eigenvalue weighted by molar-refractivity contribution is 0.0366. The van der Waals surface area contributed by atoms with Gasteiger partial charge in [0.15, 0.2) is 0 Å². The minimum Gasteiger partial charge on any atom is -0.465 e. The van der Waals surface area contributed by atoms with E-state index >= 15 is 0 Å². The van der Waals surface area contributed by atoms with Gasteiger partial charge in [0, 0.05) is 43.3 Å². The number of hydrogen-bond acceptors (Lipinski definition) is 4. The van der Waals surface area contributed by atoms with Crippen LogP contribution >= 0.6 is 0 Å². The number of imidazole rings is 1. The normalized spacial score (nSPS) is 19.3. The van der Waals surface area contributed by atoms with Crippen molar-refractivity contribution in [2.24, 2.45) is 0 Å². The SMILES string of the molecule is CCC1CCc2c(ccc3c2nc(-c2ccccc2)n3CCN2CCOCC2)N1C(=O)O. The first-order chi connectivity index (χ1) is 15.7. The van der Waals surface area contributed by atoms with Crippen LogP contribution in [0.5, 0.6) is 0 Å². The lowest BCUT2D eigenvalue weighted by atomic mass is 9.93. The van der Waals surface area contributed by atoms with Gasteiger partial charge in [-0.1, -0.05) is 37.3 Å². The third-order valence-electron chi connectivity index (χ3n) is 6.81. The Labute approximate surface area is 188 Å². The second-order valence-electron chi connectivity index (χ2n) is 8.59. The molecule has 3 aromatic rings. The van der Waals surface area contributed by atoms with Crippen LogP contribution in [0.4, 0.5) is 10.5 Å². The molecule has 2 aliphatic heterocycles. The van der Waals surface area contributed by atoms with Crippen LogP contribution in [-0.2, 0) is 17.7 Å². The van der Waals surface area contributed by atoms with Gasteiger partial charge < -0.3 is 14.4 Å². The number of carboxylic acid groups (broad SMARTS) is 1. The van der Waals surface area contributed by atoms with Gasteiger partial charge in [-0.25, -0.2) is 9.78 Å². The minimum absolute atomic E-state index is 0.0226. The molecule has 1 amide bonds. The number of aromatic nitrogens is 2. The zero-order chi connectivity index (χ0) is 22.1. The van der Waals surface area contributed by atoms with Gasteiger partial charge in [-0.05, 0) is 31.4 Å². The summed E-state index contributed by atoms with van der Waals surface area (Å²) in [4.78, 5) is 21.2. The third kappa shape index (κ3) is 3.76. The van der Waals surface area contributed by atoms with Crippen molar-refractivity contribution in [2.75, 3.05) is 37.7 Å². The molecule has 1 saturated heterocycles. The minimum atomic E-state index is -0.882. The highest BCUT2D eigenvalue weighted by Crippen LogP contribution is 2.38. The third-order valence-corrected chi connectivity index (χ3v) is 6.81. The van der Waals surface area contributed by atoms with Gasteiger partial charge in [-0.15, -0.1) is 0 Å². The van der Waals surface area contributed by atoms with Crippen LogP contribution in [0.15, 0.2) is 42.5 Å². The van der Waals surface area contributed by atoms with Crippen LogP contribution in [0.25, 0.3) is 22.4 Å². The summed E-state index contributed by atoms with van der Waals surface area (Å²) in [6.45, 7) is 7.30. The van der Waals surface area contributed by atoms with E-state index in [2.05, 4.69) is 34.6 Å². The Kier molecular flexibility index (Phi) is 5.85. The average Bonchev–Trinajstić information content (AvgIpc) is 3.22. The van der Waals surface area contributed by atoms with Crippen LogP contribution < -0.4 is 4.90 Å². The number of morpholine rings is 1. The molecule has 0 saturated carbocycles. The molecule has 1 N–H and O–H groups in total. The van der Waals surface area contributed by atoms with E-state index in [-0.39, 0.29) is 6.04 Å². The first-order valence-corrected chi connectivity index (χ1v) is 11.6. The lowest BCUT2D eigenvalue weighted by Crippen LogP contribution is -2.42. The van der Waals surface area contributed by atoms with Crippen LogP contribution in [0, 0.1) is 0 Å². The van der Waals surface area contributed by atoms with Crippen molar-refractivity contribution < 1.29 is 14.6 Å². The van der Waals surface area contributed by atoms with Crippen molar-refractivity contribution in [2.45, 2.75) is 38.8 Å². The highest BCUT2D eigenvalue weighted by atomic mass is 16.5. The summed E-state index contributed by atoms with van der Waals surface area (Å²) < 4.78 is 7.80. The van der Waals surface area contributed by atoms with E-state index in [1.807, 2.05) is 24.3 Å². The topological polar surface area (TPSA) is 70.8 Å². The first kappa shape index (κ1) is 21.0. The summed E-state index contributed by atoms with van der Waals surface area (Å²) in [7, 11) is 0. The number of fused-ring (bicyclic) bond motifs is 3. The summed E-state index contributed by atoms with van der Waals surface area (Å²) >= 11 is 0. The van der Waals surface area contributed by atoms with E-state index < -0.39 is 6.09 Å². The van der Waals surface area contributed by atoms with Crippen LogP contribution in [-0.4, -0.2) is 64.5 Å². The molecule has 168 valence electrons. The maximum Gasteiger partial charge on any atom is 0.412 e. The molecular formula is C25H30N4O3. The van der Waals surface area contributed by atoms with Crippen LogP contribution in [0.3, 0.4) is 0 Å². The van der Waals surface area contributed by atoms with Crippen molar-refractivity contribution in [1.29, 1.82) is 0 Å². The number of anilines is 1. The molecule has 2 aliphatic rings. The van der Waals surface area contributed by atoms with Gasteiger partial charge in [0.1, 0.15) is 5.82 Å². The van der Waals surface area contributed by atoms with E-state index in [1.165, 1.54) is 0 Å². The fourth-order valence-electron chi connectivity index (χ4n) is 5.09. The maximum atomic E-state index is 12.1. The Morgan fingerprint density at radius 3 is 2.62 bits per heavy atom. The van der Waals surface area contributed by atoms with E-state index in [9.17, 15) is 9.90 Å². The number of ether oxygens (including phenoxy) is 1. The Hall–Kier alpha value is -2.90. The van der Waals surface area contributed by atoms with Gasteiger partial charge in [0.2, 0.25) is 0 Å². The molecule has 3 heterocycles. The summed E-state index contributed by atoms with van der Waals surface area (Å²) in [5, 5.41) is 9.91. The lowest BCUT2D eigenvalue weighted by Gasteiger charge is -2.34. The Morgan fingerprint density at radius 2 is 1.91 bits per heavy atom. The second kappa shape index (κ2) is 8.92. The van der Waals surface area contributed by atoms with Crippen molar-refractivity contribution >= 4 is 22.8 Å². The number of aryl methyl sites for hydroxylation is 1. The van der Waals surface area contributed by atoms with Crippen LogP contribution in [0.2, 0.25) is 0 Å². The number of amides is 1. The van der Waals surface area contributed by atoms with Crippen molar-refractivity contribution in [3.8, 4) is 11.4 Å². The number of hydrogen-bond donors (Lipinski definition) is 1. The summed E-state index contributed by atoms with van der Waals surface area (Å²) in [6, 6.07) is 14.3. The quantitative estimate of drug-likeness (QED) is 0.650. The Morgan fingerprint density at radius 1 is 1.12 bits per heavy atom. The maximum absolute atomic E-state index is 12.1. The smallest absolute Gasteiger partial charge is 0.412 e. The molecule has 1 unspecified atom stereocenters. The molecule has 5 rings (SSSR count). The van der Waals surface area contributed by atoms with E-state index in [4.69, 9.17) is 9.72 Å². The average molecular weight is 435 g/mol. The standard InChI is InChI=1S/C25H30N4O3/c1-2-19-8-9-20-21(29(19)25(30)31)10-11-22-23(20)26-24(18-6-4-3-5-7-18)28(22)13-12-27-14-16-32-17-15-27/h3-7,10-11,19H,2,8-9,12-17H2,1H3,(H,30,31). The molecule has 32 heavy (non-hydrogen) atoms. The highest BCUT2D eigenvalue weighted by molar-refractivity contribution is 5.95. The zero-order valence-corrected chi connectivity index (χ0v) is 18.5. The van der Waals surface area contributed by atoms with Gasteiger partial charge in [0.25, 0.3) is 0 Å². The van der Waals surface area contributed by atoms with E-state index in [1.54, 1.807) is 4.90 Å². The number of benzene rings is 2. The van der Waals surface area contributed by atoms with Crippen molar-refractivity contribution in [1.82, 2.24) is 14.5 Å². The van der Waals surface area contributed by atoms with Crippen molar-refractivity contribution in [3.05, 3.63) is 48.0 Å². The predicted molar refractivity (Wildman–Crippen MR) is 125 cm³/mol. The number of nitrogens with zero attached hydrogens (tertiary/aromatic N) is 4. The molecule has 0 spiro atoms. The van der Waals surface area contributed by atoms with E-state index in [0.717, 1.165) is 92.3 Å². The number of rotatable bonds is 5. The van der Waals surface area contributed by atoms with Crippen LogP contribution in [0.1, 0.15) is 25.3 Å². The highest BCUT2D eigenvalue weighted by Gasteiger charge is 2.32. The first-order valence-electron chi connectivity index (χ1n) is 11.6. The molecule has 7 heteroatoms.